The standard InChI is InChI=1S/C12H24N2O2S2/c1-3-12(4-5-13-9-12)10-14-6-7-17-8-11(14)18(2,15)16/h11,13H,3-10H2,1-2H3. The minimum atomic E-state index is -2.97. The topological polar surface area (TPSA) is 49.4 Å². The first kappa shape index (κ1) is 14.6. The van der Waals surface area contributed by atoms with Crippen molar-refractivity contribution in [1.29, 1.82) is 0 Å². The second-order valence-corrected chi connectivity index (χ2v) is 8.96. The Labute approximate surface area is 115 Å². The van der Waals surface area contributed by atoms with Crippen molar-refractivity contribution in [3.05, 3.63) is 0 Å². The largest absolute Gasteiger partial charge is 0.316 e. The second-order valence-electron chi connectivity index (χ2n) is 5.61. The highest BCUT2D eigenvalue weighted by atomic mass is 32.2. The summed E-state index contributed by atoms with van der Waals surface area (Å²) in [5.41, 5.74) is 0.283. The minimum absolute atomic E-state index is 0.278. The molecular formula is C12H24N2O2S2. The molecule has 4 nitrogen and oxygen atoms in total. The zero-order chi connectivity index (χ0) is 13.2. The Bertz CT molecular complexity index is 378. The van der Waals surface area contributed by atoms with Crippen molar-refractivity contribution in [2.24, 2.45) is 5.41 Å². The van der Waals surface area contributed by atoms with E-state index in [1.807, 2.05) is 0 Å². The Kier molecular flexibility index (Phi) is 4.62. The number of hydrogen-bond acceptors (Lipinski definition) is 5. The van der Waals surface area contributed by atoms with Crippen molar-refractivity contribution in [3.63, 3.8) is 0 Å². The maximum Gasteiger partial charge on any atom is 0.164 e. The predicted molar refractivity (Wildman–Crippen MR) is 77.7 cm³/mol. The normalized spacial score (nSPS) is 34.9. The highest BCUT2D eigenvalue weighted by molar-refractivity contribution is 8.00. The molecule has 18 heavy (non-hydrogen) atoms. The molecule has 1 N–H and O–H groups in total. The average molecular weight is 292 g/mol. The van der Waals surface area contributed by atoms with Crippen LogP contribution in [0.4, 0.5) is 0 Å². The molecule has 0 spiro atoms. The van der Waals surface area contributed by atoms with Crippen LogP contribution in [-0.4, -0.2) is 62.6 Å². The van der Waals surface area contributed by atoms with Gasteiger partial charge in [0.1, 0.15) is 5.37 Å². The minimum Gasteiger partial charge on any atom is -0.316 e. The van der Waals surface area contributed by atoms with Crippen LogP contribution in [0, 0.1) is 5.41 Å². The van der Waals surface area contributed by atoms with Gasteiger partial charge < -0.3 is 5.32 Å². The maximum atomic E-state index is 11.9. The monoisotopic (exact) mass is 292 g/mol. The quantitative estimate of drug-likeness (QED) is 0.830. The molecule has 0 aromatic carbocycles. The molecular weight excluding hydrogens is 268 g/mol. The van der Waals surface area contributed by atoms with E-state index in [4.69, 9.17) is 0 Å². The van der Waals surface area contributed by atoms with E-state index in [2.05, 4.69) is 17.1 Å². The van der Waals surface area contributed by atoms with Crippen molar-refractivity contribution in [2.45, 2.75) is 25.1 Å². The highest BCUT2D eigenvalue weighted by Gasteiger charge is 2.39. The summed E-state index contributed by atoms with van der Waals surface area (Å²) >= 11 is 1.76. The molecule has 0 bridgehead atoms. The lowest BCUT2D eigenvalue weighted by atomic mass is 9.83. The molecule has 2 aliphatic heterocycles. The van der Waals surface area contributed by atoms with E-state index in [1.54, 1.807) is 11.8 Å². The van der Waals surface area contributed by atoms with Crippen LogP contribution < -0.4 is 5.32 Å². The van der Waals surface area contributed by atoms with E-state index >= 15 is 0 Å². The van der Waals surface area contributed by atoms with Crippen LogP contribution in [-0.2, 0) is 9.84 Å². The van der Waals surface area contributed by atoms with E-state index in [9.17, 15) is 8.42 Å². The van der Waals surface area contributed by atoms with E-state index < -0.39 is 9.84 Å². The molecule has 0 saturated carbocycles. The Morgan fingerprint density at radius 2 is 2.28 bits per heavy atom. The lowest BCUT2D eigenvalue weighted by Crippen LogP contribution is -2.51. The van der Waals surface area contributed by atoms with Crippen LogP contribution in [0.5, 0.6) is 0 Å². The van der Waals surface area contributed by atoms with E-state index in [-0.39, 0.29) is 10.8 Å². The number of thioether (sulfide) groups is 1. The van der Waals surface area contributed by atoms with Crippen LogP contribution in [0.15, 0.2) is 0 Å². The van der Waals surface area contributed by atoms with Gasteiger partial charge in [0.15, 0.2) is 9.84 Å². The lowest BCUT2D eigenvalue weighted by Gasteiger charge is -2.40. The fourth-order valence-electron chi connectivity index (χ4n) is 2.97. The molecule has 2 aliphatic rings. The molecule has 0 aliphatic carbocycles. The third-order valence-electron chi connectivity index (χ3n) is 4.31. The fourth-order valence-corrected chi connectivity index (χ4v) is 5.91. The first-order valence-electron chi connectivity index (χ1n) is 6.68. The first-order chi connectivity index (χ1) is 8.47. The molecule has 2 heterocycles. The van der Waals surface area contributed by atoms with Crippen LogP contribution in [0.1, 0.15) is 19.8 Å². The summed E-state index contributed by atoms with van der Waals surface area (Å²) in [7, 11) is -2.97. The molecule has 2 rings (SSSR count). The summed E-state index contributed by atoms with van der Waals surface area (Å²) in [5.74, 6) is 1.78. The fraction of sp³-hybridized carbons (Fsp3) is 1.00. The Hall–Kier alpha value is 0.220. The molecule has 0 aromatic rings. The van der Waals surface area contributed by atoms with Crippen LogP contribution in [0.2, 0.25) is 0 Å². The van der Waals surface area contributed by atoms with Gasteiger partial charge in [0, 0.05) is 37.4 Å². The predicted octanol–water partition coefficient (Wildman–Crippen LogP) is 0.796. The van der Waals surface area contributed by atoms with Gasteiger partial charge in [-0.3, -0.25) is 4.90 Å². The van der Waals surface area contributed by atoms with E-state index in [1.165, 1.54) is 12.7 Å². The summed E-state index contributed by atoms with van der Waals surface area (Å²) in [5, 5.41) is 3.15. The van der Waals surface area contributed by atoms with E-state index in [0.29, 0.717) is 0 Å². The third-order valence-corrected chi connectivity index (χ3v) is 6.99. The van der Waals surface area contributed by atoms with Gasteiger partial charge in [-0.2, -0.15) is 11.8 Å². The molecule has 0 radical (unpaired) electrons. The van der Waals surface area contributed by atoms with Gasteiger partial charge in [-0.05, 0) is 24.8 Å². The molecule has 106 valence electrons. The molecule has 0 aromatic heterocycles. The Morgan fingerprint density at radius 3 is 2.83 bits per heavy atom. The summed E-state index contributed by atoms with van der Waals surface area (Å²) in [6, 6.07) is 0. The second kappa shape index (κ2) is 5.69. The molecule has 6 heteroatoms. The van der Waals surface area contributed by atoms with Gasteiger partial charge in [0.2, 0.25) is 0 Å². The lowest BCUT2D eigenvalue weighted by molar-refractivity contribution is 0.155. The van der Waals surface area contributed by atoms with Crippen molar-refractivity contribution < 1.29 is 8.42 Å². The van der Waals surface area contributed by atoms with Crippen molar-refractivity contribution in [1.82, 2.24) is 10.2 Å². The number of rotatable bonds is 4. The first-order valence-corrected chi connectivity index (χ1v) is 9.79. The number of nitrogens with one attached hydrogen (secondary N) is 1. The average Bonchev–Trinajstić information content (AvgIpc) is 2.78. The SMILES string of the molecule is CCC1(CN2CCSCC2S(C)(=O)=O)CCNC1. The molecule has 2 unspecified atom stereocenters. The van der Waals surface area contributed by atoms with Crippen molar-refractivity contribution in [3.8, 4) is 0 Å². The van der Waals surface area contributed by atoms with Crippen molar-refractivity contribution in [2.75, 3.05) is 43.9 Å². The Balaban J connectivity index is 2.10. The smallest absolute Gasteiger partial charge is 0.164 e. The van der Waals surface area contributed by atoms with Crippen molar-refractivity contribution >= 4 is 21.6 Å². The molecule has 2 fully saturated rings. The van der Waals surface area contributed by atoms with Crippen LogP contribution in [0.3, 0.4) is 0 Å². The number of nitrogens with zero attached hydrogens (tertiary/aromatic N) is 1. The van der Waals surface area contributed by atoms with Gasteiger partial charge in [-0.1, -0.05) is 6.92 Å². The summed E-state index contributed by atoms with van der Waals surface area (Å²) < 4.78 is 23.8. The van der Waals surface area contributed by atoms with Gasteiger partial charge in [0.05, 0.1) is 0 Å². The van der Waals surface area contributed by atoms with Gasteiger partial charge in [-0.15, -0.1) is 0 Å². The zero-order valence-electron chi connectivity index (χ0n) is 11.3. The molecule has 2 atom stereocenters. The van der Waals surface area contributed by atoms with Gasteiger partial charge >= 0.3 is 0 Å². The highest BCUT2D eigenvalue weighted by Crippen LogP contribution is 2.33. The van der Waals surface area contributed by atoms with Gasteiger partial charge in [-0.25, -0.2) is 8.42 Å². The molecule has 2 saturated heterocycles. The number of sulfone groups is 1. The van der Waals surface area contributed by atoms with E-state index in [0.717, 1.165) is 44.1 Å². The van der Waals surface area contributed by atoms with Gasteiger partial charge in [0.25, 0.3) is 0 Å². The van der Waals surface area contributed by atoms with Crippen LogP contribution >= 0.6 is 11.8 Å². The third kappa shape index (κ3) is 3.21. The molecule has 0 amide bonds. The maximum absolute atomic E-state index is 11.9. The summed E-state index contributed by atoms with van der Waals surface area (Å²) in [6.45, 7) is 6.16. The summed E-state index contributed by atoms with van der Waals surface area (Å²) in [4.78, 5) is 2.21. The van der Waals surface area contributed by atoms with Crippen LogP contribution in [0.25, 0.3) is 0 Å². The number of hydrogen-bond donors (Lipinski definition) is 1. The summed E-state index contributed by atoms with van der Waals surface area (Å²) in [6.07, 6.45) is 3.67. The Morgan fingerprint density at radius 1 is 1.50 bits per heavy atom. The zero-order valence-corrected chi connectivity index (χ0v) is 12.9.